The minimum atomic E-state index is -0.904. The van der Waals surface area contributed by atoms with Crippen molar-refractivity contribution in [3.63, 3.8) is 0 Å². The van der Waals surface area contributed by atoms with E-state index in [4.69, 9.17) is 9.72 Å². The highest BCUT2D eigenvalue weighted by molar-refractivity contribution is 5.93. The fraction of sp³-hybridized carbons (Fsp3) is 0.481. The third kappa shape index (κ3) is 4.91. The summed E-state index contributed by atoms with van der Waals surface area (Å²) in [5.41, 5.74) is 3.46. The zero-order valence-electron chi connectivity index (χ0n) is 19.2. The summed E-state index contributed by atoms with van der Waals surface area (Å²) in [7, 11) is 0. The number of carboxylic acids is 1. The second-order valence-electron chi connectivity index (χ2n) is 9.42. The van der Waals surface area contributed by atoms with Gasteiger partial charge in [0.1, 0.15) is 0 Å². The Morgan fingerprint density at radius 1 is 1.06 bits per heavy atom. The summed E-state index contributed by atoms with van der Waals surface area (Å²) in [6.07, 6.45) is 19.8. The van der Waals surface area contributed by atoms with Crippen LogP contribution in [0.3, 0.4) is 0 Å². The van der Waals surface area contributed by atoms with Gasteiger partial charge in [0, 0.05) is 19.1 Å². The lowest BCUT2D eigenvalue weighted by Gasteiger charge is -2.35. The molecule has 1 aromatic carbocycles. The number of benzene rings is 1. The number of hydrogen-bond donors (Lipinski definition) is 1. The number of allylic oxidation sites excluding steroid dienone is 5. The molecule has 5 rings (SSSR count). The van der Waals surface area contributed by atoms with Gasteiger partial charge in [-0.1, -0.05) is 49.6 Å². The van der Waals surface area contributed by atoms with E-state index in [9.17, 15) is 9.90 Å². The van der Waals surface area contributed by atoms with Gasteiger partial charge in [-0.05, 0) is 55.9 Å². The molecular formula is C27H33N3O3. The lowest BCUT2D eigenvalue weighted by Crippen LogP contribution is -2.39. The first-order valence-corrected chi connectivity index (χ1v) is 12.3. The molecule has 2 aliphatic carbocycles. The van der Waals surface area contributed by atoms with Crippen LogP contribution in [0.4, 0.5) is 5.95 Å². The normalized spacial score (nSPS) is 20.2. The molecule has 0 spiro atoms. The molecule has 2 heterocycles. The Morgan fingerprint density at radius 2 is 1.88 bits per heavy atom. The van der Waals surface area contributed by atoms with Crippen molar-refractivity contribution in [3.8, 4) is 0 Å². The molecule has 1 N–H and O–H groups in total. The van der Waals surface area contributed by atoms with Gasteiger partial charge >= 0.3 is 5.97 Å². The molecule has 2 fully saturated rings. The molecule has 0 bridgehead atoms. The second kappa shape index (κ2) is 9.96. The topological polar surface area (TPSA) is 67.6 Å². The Labute approximate surface area is 195 Å². The van der Waals surface area contributed by atoms with Crippen LogP contribution in [0.1, 0.15) is 67.8 Å². The van der Waals surface area contributed by atoms with Crippen LogP contribution >= 0.6 is 0 Å². The molecule has 3 aliphatic rings. The van der Waals surface area contributed by atoms with Crippen molar-refractivity contribution in [2.24, 2.45) is 0 Å². The van der Waals surface area contributed by atoms with E-state index < -0.39 is 5.97 Å². The van der Waals surface area contributed by atoms with Crippen molar-refractivity contribution in [1.82, 2.24) is 9.55 Å². The molecule has 174 valence electrons. The van der Waals surface area contributed by atoms with E-state index in [0.717, 1.165) is 62.2 Å². The van der Waals surface area contributed by atoms with Crippen molar-refractivity contribution in [2.75, 3.05) is 24.6 Å². The zero-order valence-corrected chi connectivity index (χ0v) is 19.2. The molecule has 1 saturated heterocycles. The molecule has 6 nitrogen and oxygen atoms in total. The summed E-state index contributed by atoms with van der Waals surface area (Å²) >= 11 is 0. The van der Waals surface area contributed by atoms with E-state index in [-0.39, 0.29) is 6.10 Å². The van der Waals surface area contributed by atoms with E-state index in [1.165, 1.54) is 24.8 Å². The average Bonchev–Trinajstić information content (AvgIpc) is 3.03. The fourth-order valence-corrected chi connectivity index (χ4v) is 5.32. The van der Waals surface area contributed by atoms with Crippen LogP contribution in [0, 0.1) is 0 Å². The molecule has 0 unspecified atom stereocenters. The summed E-state index contributed by atoms with van der Waals surface area (Å²) in [5, 5.41) is 9.44. The van der Waals surface area contributed by atoms with Gasteiger partial charge in [0.15, 0.2) is 0 Å². The van der Waals surface area contributed by atoms with Gasteiger partial charge in [0.2, 0.25) is 5.95 Å². The standard InChI is InChI=1S/C27H33N3O3/c31-26(32)21-12-13-25-24(18-21)28-27(30(25)22-10-6-3-7-11-22)29-16-14-23(15-17-29)33-19-20-8-4-1-2-5-9-20/h1-2,4-5,8,12-13,18,22-23H,3,6-7,9-11,14-17,19H2,(H,31,32). The summed E-state index contributed by atoms with van der Waals surface area (Å²) in [5.74, 6) is 0.0954. The molecule has 6 heteroatoms. The van der Waals surface area contributed by atoms with Crippen molar-refractivity contribution in [3.05, 3.63) is 59.7 Å². The molecule has 0 radical (unpaired) electrons. The van der Waals surface area contributed by atoms with Crippen LogP contribution in [-0.2, 0) is 4.74 Å². The summed E-state index contributed by atoms with van der Waals surface area (Å²) in [4.78, 5) is 18.9. The number of aromatic nitrogens is 2. The SMILES string of the molecule is O=C(O)c1ccc2c(c1)nc(N1CCC(OCC3=CC=CC=CC3)CC1)n2C1CCCCC1. The number of fused-ring (bicyclic) bond motifs is 1. The summed E-state index contributed by atoms with van der Waals surface area (Å²) in [6, 6.07) is 5.82. The Balaban J connectivity index is 1.32. The first-order chi connectivity index (χ1) is 16.2. The number of rotatable bonds is 6. The largest absolute Gasteiger partial charge is 0.478 e. The number of imidazole rings is 1. The lowest BCUT2D eigenvalue weighted by atomic mass is 9.95. The Kier molecular flexibility index (Phi) is 6.63. The first kappa shape index (κ1) is 22.0. The van der Waals surface area contributed by atoms with E-state index in [1.807, 2.05) is 6.07 Å². The first-order valence-electron chi connectivity index (χ1n) is 12.3. The van der Waals surface area contributed by atoms with E-state index in [0.29, 0.717) is 18.2 Å². The van der Waals surface area contributed by atoms with Crippen LogP contribution < -0.4 is 4.90 Å². The predicted octanol–water partition coefficient (Wildman–Crippen LogP) is 5.67. The lowest BCUT2D eigenvalue weighted by molar-refractivity contribution is 0.0511. The van der Waals surface area contributed by atoms with Crippen LogP contribution in [0.2, 0.25) is 0 Å². The number of carboxylic acid groups (broad SMARTS) is 1. The maximum Gasteiger partial charge on any atom is 0.335 e. The number of anilines is 1. The van der Waals surface area contributed by atoms with E-state index in [2.05, 4.69) is 39.8 Å². The van der Waals surface area contributed by atoms with Gasteiger partial charge < -0.3 is 19.3 Å². The van der Waals surface area contributed by atoms with Gasteiger partial charge in [-0.15, -0.1) is 0 Å². The van der Waals surface area contributed by atoms with Crippen LogP contribution in [-0.4, -0.2) is 46.4 Å². The highest BCUT2D eigenvalue weighted by Crippen LogP contribution is 2.36. The number of piperidine rings is 1. The maximum absolute atomic E-state index is 11.5. The van der Waals surface area contributed by atoms with Gasteiger partial charge in [0.05, 0.1) is 29.3 Å². The molecule has 2 aromatic rings. The number of nitrogens with zero attached hydrogens (tertiary/aromatic N) is 3. The molecule has 0 amide bonds. The van der Waals surface area contributed by atoms with Crippen molar-refractivity contribution < 1.29 is 14.6 Å². The predicted molar refractivity (Wildman–Crippen MR) is 131 cm³/mol. The van der Waals surface area contributed by atoms with Crippen molar-refractivity contribution in [2.45, 2.75) is 63.5 Å². The third-order valence-electron chi connectivity index (χ3n) is 7.16. The molecule has 1 aliphatic heterocycles. The Bertz CT molecular complexity index is 1080. The number of hydrogen-bond acceptors (Lipinski definition) is 4. The average molecular weight is 448 g/mol. The van der Waals surface area contributed by atoms with Gasteiger partial charge in [-0.25, -0.2) is 9.78 Å². The maximum atomic E-state index is 11.5. The van der Waals surface area contributed by atoms with Crippen molar-refractivity contribution >= 4 is 23.0 Å². The number of aromatic carboxylic acids is 1. The van der Waals surface area contributed by atoms with Gasteiger partial charge in [-0.2, -0.15) is 0 Å². The Hall–Kier alpha value is -2.86. The highest BCUT2D eigenvalue weighted by atomic mass is 16.5. The zero-order chi connectivity index (χ0) is 22.6. The van der Waals surface area contributed by atoms with Gasteiger partial charge in [-0.3, -0.25) is 0 Å². The van der Waals surface area contributed by atoms with Crippen LogP contribution in [0.5, 0.6) is 0 Å². The highest BCUT2D eigenvalue weighted by Gasteiger charge is 2.28. The molecule has 1 aromatic heterocycles. The van der Waals surface area contributed by atoms with E-state index in [1.54, 1.807) is 12.1 Å². The smallest absolute Gasteiger partial charge is 0.335 e. The third-order valence-corrected chi connectivity index (χ3v) is 7.16. The Morgan fingerprint density at radius 3 is 2.67 bits per heavy atom. The fourth-order valence-electron chi connectivity index (χ4n) is 5.32. The van der Waals surface area contributed by atoms with Gasteiger partial charge in [0.25, 0.3) is 0 Å². The quantitative estimate of drug-likeness (QED) is 0.618. The minimum absolute atomic E-state index is 0.268. The molecular weight excluding hydrogens is 414 g/mol. The van der Waals surface area contributed by atoms with Crippen molar-refractivity contribution in [1.29, 1.82) is 0 Å². The summed E-state index contributed by atoms with van der Waals surface area (Å²) < 4.78 is 8.65. The molecule has 1 saturated carbocycles. The number of ether oxygens (including phenoxy) is 1. The number of carbonyl (C=O) groups is 1. The van der Waals surface area contributed by atoms with E-state index >= 15 is 0 Å². The monoisotopic (exact) mass is 447 g/mol. The second-order valence-corrected chi connectivity index (χ2v) is 9.42. The van der Waals surface area contributed by atoms with Crippen LogP contribution in [0.15, 0.2) is 54.2 Å². The van der Waals surface area contributed by atoms with Crippen LogP contribution in [0.25, 0.3) is 11.0 Å². The molecule has 0 atom stereocenters. The molecule has 33 heavy (non-hydrogen) atoms. The summed E-state index contributed by atoms with van der Waals surface area (Å²) in [6.45, 7) is 2.51. The minimum Gasteiger partial charge on any atom is -0.478 e.